The van der Waals surface area contributed by atoms with Crippen molar-refractivity contribution in [2.45, 2.75) is 11.8 Å². The molecule has 0 amide bonds. The number of aryl methyl sites for hydroxylation is 1. The van der Waals surface area contributed by atoms with Gasteiger partial charge in [0.2, 0.25) is 0 Å². The van der Waals surface area contributed by atoms with Crippen LogP contribution in [0.2, 0.25) is 0 Å². The summed E-state index contributed by atoms with van der Waals surface area (Å²) in [5.74, 6) is -0.00410. The van der Waals surface area contributed by atoms with Gasteiger partial charge in [-0.1, -0.05) is 29.8 Å². The van der Waals surface area contributed by atoms with Gasteiger partial charge in [-0.15, -0.1) is 0 Å². The van der Waals surface area contributed by atoms with Crippen LogP contribution in [-0.4, -0.2) is 8.42 Å². The molecule has 5 heteroatoms. The highest BCUT2D eigenvalue weighted by Crippen LogP contribution is 2.17. The lowest BCUT2D eigenvalue weighted by Gasteiger charge is -2.05. The van der Waals surface area contributed by atoms with Crippen LogP contribution in [0.25, 0.3) is 0 Å². The van der Waals surface area contributed by atoms with Crippen LogP contribution in [-0.2, 0) is 10.1 Å². The van der Waals surface area contributed by atoms with Crippen LogP contribution in [0.5, 0.6) is 5.75 Å². The number of hydrogen-bond acceptors (Lipinski definition) is 4. The summed E-state index contributed by atoms with van der Waals surface area (Å²) in [4.78, 5) is 11.3. The van der Waals surface area contributed by atoms with E-state index in [2.05, 4.69) is 0 Å². The zero-order chi connectivity index (χ0) is 13.9. The van der Waals surface area contributed by atoms with Crippen LogP contribution in [0, 0.1) is 6.92 Å². The van der Waals surface area contributed by atoms with Crippen molar-refractivity contribution in [3.8, 4) is 5.75 Å². The van der Waals surface area contributed by atoms with Crippen molar-refractivity contribution in [2.24, 2.45) is 0 Å². The molecule has 0 atom stereocenters. The Morgan fingerprint density at radius 1 is 0.947 bits per heavy atom. The van der Waals surface area contributed by atoms with E-state index in [-0.39, 0.29) is 16.1 Å². The Balaban J connectivity index is 2.37. The zero-order valence-corrected chi connectivity index (χ0v) is 11.1. The van der Waals surface area contributed by atoms with Gasteiger partial charge in [-0.3, -0.25) is 4.79 Å². The fraction of sp³-hybridized carbons (Fsp3) is 0.0714. The van der Waals surface area contributed by atoms with Crippen LogP contribution in [0.4, 0.5) is 0 Å². The minimum Gasteiger partial charge on any atom is -0.379 e. The van der Waals surface area contributed by atoms with E-state index in [4.69, 9.17) is 4.18 Å². The molecule has 0 saturated carbocycles. The van der Waals surface area contributed by atoms with E-state index < -0.39 is 10.1 Å². The molecule has 0 unspecified atom stereocenters. The Morgan fingerprint density at radius 2 is 1.58 bits per heavy atom. The molecule has 2 aromatic carbocycles. The Kier molecular flexibility index (Phi) is 3.66. The van der Waals surface area contributed by atoms with Crippen molar-refractivity contribution in [2.75, 3.05) is 0 Å². The van der Waals surface area contributed by atoms with Crippen molar-refractivity contribution < 1.29 is 12.6 Å². The van der Waals surface area contributed by atoms with Gasteiger partial charge in [0, 0.05) is 6.07 Å². The summed E-state index contributed by atoms with van der Waals surface area (Å²) < 4.78 is 28.9. The second-order valence-corrected chi connectivity index (χ2v) is 5.56. The van der Waals surface area contributed by atoms with E-state index in [0.29, 0.717) is 0 Å². The highest BCUT2D eigenvalue weighted by molar-refractivity contribution is 7.87. The predicted molar refractivity (Wildman–Crippen MR) is 71.7 cm³/mol. The maximum atomic E-state index is 12.0. The van der Waals surface area contributed by atoms with E-state index in [0.717, 1.165) is 11.6 Å². The lowest BCUT2D eigenvalue weighted by atomic mass is 10.2. The van der Waals surface area contributed by atoms with E-state index in [9.17, 15) is 13.2 Å². The molecule has 4 nitrogen and oxygen atoms in total. The SMILES string of the molecule is Cc1ccc(S(=O)(=O)Oc2ccccc(=O)c2)cc1. The maximum Gasteiger partial charge on any atom is 0.339 e. The molecule has 0 aliphatic rings. The summed E-state index contributed by atoms with van der Waals surface area (Å²) in [6.07, 6.45) is 0. The van der Waals surface area contributed by atoms with Gasteiger partial charge in [0.25, 0.3) is 0 Å². The summed E-state index contributed by atoms with van der Waals surface area (Å²) >= 11 is 0. The minimum atomic E-state index is -3.92. The molecule has 0 spiro atoms. The van der Waals surface area contributed by atoms with Crippen molar-refractivity contribution in [3.05, 3.63) is 70.4 Å². The first-order valence-electron chi connectivity index (χ1n) is 5.59. The van der Waals surface area contributed by atoms with Crippen LogP contribution >= 0.6 is 0 Å². The van der Waals surface area contributed by atoms with Crippen molar-refractivity contribution in [1.82, 2.24) is 0 Å². The molecule has 0 bridgehead atoms. The summed E-state index contributed by atoms with van der Waals surface area (Å²) in [6, 6.07) is 13.2. The second kappa shape index (κ2) is 5.24. The third kappa shape index (κ3) is 3.42. The van der Waals surface area contributed by atoms with E-state index >= 15 is 0 Å². The third-order valence-electron chi connectivity index (χ3n) is 2.43. The van der Waals surface area contributed by atoms with Crippen LogP contribution in [0.3, 0.4) is 0 Å². The second-order valence-electron chi connectivity index (χ2n) is 4.02. The molecule has 98 valence electrons. The molecule has 2 rings (SSSR count). The molecular weight excluding hydrogens is 264 g/mol. The van der Waals surface area contributed by atoms with Gasteiger partial charge in [-0.2, -0.15) is 8.42 Å². The molecule has 0 radical (unpaired) electrons. The Morgan fingerprint density at radius 3 is 2.26 bits per heavy atom. The quantitative estimate of drug-likeness (QED) is 0.806. The highest BCUT2D eigenvalue weighted by atomic mass is 32.2. The summed E-state index contributed by atoms with van der Waals surface area (Å²) in [7, 11) is -3.92. The van der Waals surface area contributed by atoms with Crippen LogP contribution in [0.1, 0.15) is 5.56 Å². The molecule has 0 fully saturated rings. The average Bonchev–Trinajstić information content (AvgIpc) is 2.53. The molecule has 2 aromatic rings. The van der Waals surface area contributed by atoms with Crippen LogP contribution in [0.15, 0.2) is 64.3 Å². The van der Waals surface area contributed by atoms with E-state index in [1.165, 1.54) is 30.3 Å². The highest BCUT2D eigenvalue weighted by Gasteiger charge is 2.16. The lowest BCUT2D eigenvalue weighted by molar-refractivity contribution is 0.486. The number of rotatable bonds is 3. The smallest absolute Gasteiger partial charge is 0.339 e. The number of hydrogen-bond donors (Lipinski definition) is 0. The minimum absolute atomic E-state index is 0.00410. The predicted octanol–water partition coefficient (Wildman–Crippen LogP) is 2.12. The Hall–Kier alpha value is -2.14. The molecule has 0 heterocycles. The first-order valence-corrected chi connectivity index (χ1v) is 7.00. The summed E-state index contributed by atoms with van der Waals surface area (Å²) in [5, 5.41) is 0. The fourth-order valence-electron chi connectivity index (χ4n) is 1.47. The molecule has 0 saturated heterocycles. The van der Waals surface area contributed by atoms with Gasteiger partial charge in [-0.25, -0.2) is 0 Å². The third-order valence-corrected chi connectivity index (χ3v) is 3.69. The van der Waals surface area contributed by atoms with Gasteiger partial charge < -0.3 is 4.18 Å². The summed E-state index contributed by atoms with van der Waals surface area (Å²) in [6.45, 7) is 1.86. The zero-order valence-electron chi connectivity index (χ0n) is 10.2. The van der Waals surface area contributed by atoms with Gasteiger partial charge in [0.05, 0.1) is 0 Å². The Labute approximate surface area is 111 Å². The van der Waals surface area contributed by atoms with Crippen molar-refractivity contribution >= 4 is 10.1 Å². The van der Waals surface area contributed by atoms with Crippen molar-refractivity contribution in [1.29, 1.82) is 0 Å². The monoisotopic (exact) mass is 276 g/mol. The van der Waals surface area contributed by atoms with E-state index in [1.54, 1.807) is 18.2 Å². The normalized spacial score (nSPS) is 11.0. The molecule has 19 heavy (non-hydrogen) atoms. The van der Waals surface area contributed by atoms with E-state index in [1.807, 2.05) is 6.92 Å². The lowest BCUT2D eigenvalue weighted by Crippen LogP contribution is -2.10. The largest absolute Gasteiger partial charge is 0.379 e. The fourth-order valence-corrected chi connectivity index (χ4v) is 2.39. The molecule has 0 aliphatic heterocycles. The maximum absolute atomic E-state index is 12.0. The first-order chi connectivity index (χ1) is 8.97. The standard InChI is InChI=1S/C14H12O4S/c1-11-6-8-14(9-7-11)19(16,17)18-13-5-3-2-4-12(15)10-13/h2-10H,1H3. The van der Waals surface area contributed by atoms with Crippen LogP contribution < -0.4 is 9.61 Å². The van der Waals surface area contributed by atoms with Gasteiger partial charge in [0.1, 0.15) is 10.6 Å². The topological polar surface area (TPSA) is 60.4 Å². The van der Waals surface area contributed by atoms with Gasteiger partial charge in [-0.05, 0) is 31.2 Å². The molecule has 0 aliphatic carbocycles. The van der Waals surface area contributed by atoms with Crippen molar-refractivity contribution in [3.63, 3.8) is 0 Å². The molecule has 0 aromatic heterocycles. The number of benzene rings is 1. The summed E-state index contributed by atoms with van der Waals surface area (Å²) in [5.41, 5.74) is 0.631. The van der Waals surface area contributed by atoms with Gasteiger partial charge in [0.15, 0.2) is 5.43 Å². The molecule has 0 N–H and O–H groups in total. The Bertz CT molecular complexity index is 734. The first kappa shape index (κ1) is 13.3. The van der Waals surface area contributed by atoms with Gasteiger partial charge >= 0.3 is 10.1 Å². The average molecular weight is 276 g/mol. The molecular formula is C14H12O4S.